The average Bonchev–Trinajstić information content (AvgIpc) is 3.09. The first-order valence-electron chi connectivity index (χ1n) is 14.6. The molecule has 0 bridgehead atoms. The van der Waals surface area contributed by atoms with Crippen LogP contribution in [-0.2, 0) is 9.59 Å². The minimum atomic E-state index is -1.16. The SMILES string of the molecule is O=C(Nc1cccc(SC(C(=O)Nc2cc(C(=O)O)ccc2Cl)c2ccccc2)c1)/C(=C\c1ccc(Cl)cc1Cl)NC(=O)c1ccccc1. The highest BCUT2D eigenvalue weighted by Crippen LogP contribution is 2.38. The first-order chi connectivity index (χ1) is 23.6. The van der Waals surface area contributed by atoms with Gasteiger partial charge in [0.05, 0.1) is 16.3 Å². The van der Waals surface area contributed by atoms with Crippen LogP contribution in [0, 0.1) is 0 Å². The standard InChI is InChI=1S/C37H26Cl3N3O5S/c38-26-16-14-24(30(40)20-26)18-32(43-34(44)23-10-5-2-6-11-23)35(45)41-27-12-7-13-28(21-27)49-33(22-8-3-1-4-9-22)36(46)42-31-19-25(37(47)48)15-17-29(31)39/h1-21,33H,(H,41,45)(H,42,46)(H,43,44)(H,47,48)/b32-18+. The molecule has 5 aromatic carbocycles. The number of hydrogen-bond donors (Lipinski definition) is 4. The Morgan fingerprint density at radius 3 is 2.10 bits per heavy atom. The average molecular weight is 731 g/mol. The van der Waals surface area contributed by atoms with E-state index >= 15 is 0 Å². The first-order valence-corrected chi connectivity index (χ1v) is 16.6. The van der Waals surface area contributed by atoms with Crippen LogP contribution in [0.5, 0.6) is 0 Å². The second kappa shape index (κ2) is 16.4. The van der Waals surface area contributed by atoms with E-state index in [-0.39, 0.29) is 27.0 Å². The molecule has 0 aromatic heterocycles. The lowest BCUT2D eigenvalue weighted by molar-refractivity contribution is -0.116. The summed E-state index contributed by atoms with van der Waals surface area (Å²) in [5.74, 6) is -2.72. The van der Waals surface area contributed by atoms with Crippen LogP contribution >= 0.6 is 46.6 Å². The molecule has 0 radical (unpaired) electrons. The van der Waals surface area contributed by atoms with Gasteiger partial charge in [0, 0.05) is 26.2 Å². The van der Waals surface area contributed by atoms with Gasteiger partial charge in [0.1, 0.15) is 10.9 Å². The highest BCUT2D eigenvalue weighted by atomic mass is 35.5. The van der Waals surface area contributed by atoms with Gasteiger partial charge in [-0.05, 0) is 77.9 Å². The molecule has 1 atom stereocenters. The van der Waals surface area contributed by atoms with Crippen LogP contribution in [0.2, 0.25) is 15.1 Å². The van der Waals surface area contributed by atoms with Crippen molar-refractivity contribution in [2.75, 3.05) is 10.6 Å². The monoisotopic (exact) mass is 729 g/mol. The summed E-state index contributed by atoms with van der Waals surface area (Å²) in [5, 5.41) is 17.8. The Kier molecular flexibility index (Phi) is 11.8. The predicted molar refractivity (Wildman–Crippen MR) is 195 cm³/mol. The van der Waals surface area contributed by atoms with Crippen molar-refractivity contribution in [2.24, 2.45) is 0 Å². The van der Waals surface area contributed by atoms with Gasteiger partial charge in [-0.3, -0.25) is 14.4 Å². The van der Waals surface area contributed by atoms with Gasteiger partial charge in [-0.15, -0.1) is 11.8 Å². The summed E-state index contributed by atoms with van der Waals surface area (Å²) in [4.78, 5) is 52.5. The molecule has 0 saturated heterocycles. The molecular weight excluding hydrogens is 705 g/mol. The molecule has 5 rings (SSSR count). The molecule has 49 heavy (non-hydrogen) atoms. The minimum Gasteiger partial charge on any atom is -0.478 e. The predicted octanol–water partition coefficient (Wildman–Crippen LogP) is 9.23. The molecule has 246 valence electrons. The Morgan fingerprint density at radius 2 is 1.41 bits per heavy atom. The normalized spacial score (nSPS) is 11.7. The van der Waals surface area contributed by atoms with E-state index in [2.05, 4.69) is 16.0 Å². The number of carboxylic acids is 1. The number of carbonyl (C=O) groups is 4. The van der Waals surface area contributed by atoms with Gasteiger partial charge in [-0.25, -0.2) is 4.79 Å². The van der Waals surface area contributed by atoms with Crippen LogP contribution in [0.15, 0.2) is 132 Å². The number of nitrogens with one attached hydrogen (secondary N) is 3. The molecule has 0 heterocycles. The Labute approximate surface area is 301 Å². The maximum atomic E-state index is 13.7. The van der Waals surface area contributed by atoms with E-state index in [4.69, 9.17) is 34.8 Å². The first kappa shape index (κ1) is 35.3. The van der Waals surface area contributed by atoms with Crippen LogP contribution < -0.4 is 16.0 Å². The second-order valence-electron chi connectivity index (χ2n) is 10.4. The van der Waals surface area contributed by atoms with Crippen molar-refractivity contribution in [3.8, 4) is 0 Å². The molecular formula is C37H26Cl3N3O5S. The van der Waals surface area contributed by atoms with Crippen molar-refractivity contribution in [1.82, 2.24) is 5.32 Å². The van der Waals surface area contributed by atoms with Crippen molar-refractivity contribution >= 4 is 87.7 Å². The van der Waals surface area contributed by atoms with Gasteiger partial charge < -0.3 is 21.1 Å². The summed E-state index contributed by atoms with van der Waals surface area (Å²) in [6.45, 7) is 0. The fourth-order valence-corrected chi connectivity index (χ4v) is 6.26. The minimum absolute atomic E-state index is 0.0289. The Morgan fingerprint density at radius 1 is 0.694 bits per heavy atom. The number of amides is 3. The summed E-state index contributed by atoms with van der Waals surface area (Å²) in [6.07, 6.45) is 1.45. The summed E-state index contributed by atoms with van der Waals surface area (Å²) in [7, 11) is 0. The largest absolute Gasteiger partial charge is 0.478 e. The highest BCUT2D eigenvalue weighted by molar-refractivity contribution is 8.00. The molecule has 3 amide bonds. The third-order valence-corrected chi connectivity index (χ3v) is 9.09. The number of carbonyl (C=O) groups excluding carboxylic acids is 3. The molecule has 0 aliphatic rings. The Hall–Kier alpha value is -5.06. The van der Waals surface area contributed by atoms with Gasteiger partial charge in [0.25, 0.3) is 11.8 Å². The van der Waals surface area contributed by atoms with Crippen molar-refractivity contribution in [2.45, 2.75) is 10.1 Å². The van der Waals surface area contributed by atoms with Gasteiger partial charge in [-0.2, -0.15) is 0 Å². The fraction of sp³-hybridized carbons (Fsp3) is 0.0270. The third-order valence-electron chi connectivity index (χ3n) is 6.95. The fourth-order valence-electron chi connectivity index (χ4n) is 4.55. The van der Waals surface area contributed by atoms with E-state index < -0.39 is 28.9 Å². The molecule has 0 spiro atoms. The molecule has 0 aliphatic carbocycles. The highest BCUT2D eigenvalue weighted by Gasteiger charge is 2.24. The van der Waals surface area contributed by atoms with Crippen LogP contribution in [0.25, 0.3) is 6.08 Å². The lowest BCUT2D eigenvalue weighted by Crippen LogP contribution is -2.30. The number of benzene rings is 5. The van der Waals surface area contributed by atoms with Crippen LogP contribution in [-0.4, -0.2) is 28.8 Å². The number of thioether (sulfide) groups is 1. The van der Waals surface area contributed by atoms with E-state index in [0.29, 0.717) is 32.3 Å². The maximum absolute atomic E-state index is 13.7. The molecule has 4 N–H and O–H groups in total. The molecule has 1 unspecified atom stereocenters. The maximum Gasteiger partial charge on any atom is 0.335 e. The number of halogens is 3. The number of hydrogen-bond acceptors (Lipinski definition) is 5. The summed E-state index contributed by atoms with van der Waals surface area (Å²) in [6, 6.07) is 33.1. The zero-order valence-electron chi connectivity index (χ0n) is 25.3. The van der Waals surface area contributed by atoms with Gasteiger partial charge >= 0.3 is 5.97 Å². The molecule has 0 fully saturated rings. The lowest BCUT2D eigenvalue weighted by Gasteiger charge is -2.18. The zero-order chi connectivity index (χ0) is 34.9. The zero-order valence-corrected chi connectivity index (χ0v) is 28.4. The molecule has 8 nitrogen and oxygen atoms in total. The van der Waals surface area contributed by atoms with Crippen LogP contribution in [0.4, 0.5) is 11.4 Å². The molecule has 0 saturated carbocycles. The number of carboxylic acid groups (broad SMARTS) is 1. The van der Waals surface area contributed by atoms with Gasteiger partial charge in [0.2, 0.25) is 5.91 Å². The second-order valence-corrected chi connectivity index (χ2v) is 12.9. The number of rotatable bonds is 11. The Balaban J connectivity index is 1.40. The molecule has 12 heteroatoms. The van der Waals surface area contributed by atoms with Crippen molar-refractivity contribution < 1.29 is 24.3 Å². The molecule has 5 aromatic rings. The van der Waals surface area contributed by atoms with Crippen molar-refractivity contribution in [3.63, 3.8) is 0 Å². The van der Waals surface area contributed by atoms with E-state index in [1.165, 1.54) is 42.1 Å². The van der Waals surface area contributed by atoms with E-state index in [1.807, 2.05) is 6.07 Å². The van der Waals surface area contributed by atoms with Crippen molar-refractivity contribution in [1.29, 1.82) is 0 Å². The topological polar surface area (TPSA) is 125 Å². The van der Waals surface area contributed by atoms with Gasteiger partial charge in [-0.1, -0.05) is 95.5 Å². The quantitative estimate of drug-likeness (QED) is 0.0794. The van der Waals surface area contributed by atoms with Crippen LogP contribution in [0.3, 0.4) is 0 Å². The lowest BCUT2D eigenvalue weighted by atomic mass is 10.1. The number of anilines is 2. The summed E-state index contributed by atoms with van der Waals surface area (Å²) in [5.41, 5.74) is 1.94. The summed E-state index contributed by atoms with van der Waals surface area (Å²) >= 11 is 19.9. The van der Waals surface area contributed by atoms with Gasteiger partial charge in [0.15, 0.2) is 0 Å². The van der Waals surface area contributed by atoms with Crippen LogP contribution in [0.1, 0.15) is 37.1 Å². The van der Waals surface area contributed by atoms with E-state index in [1.54, 1.807) is 91.0 Å². The number of aromatic carboxylic acids is 1. The van der Waals surface area contributed by atoms with Crippen molar-refractivity contribution in [3.05, 3.63) is 164 Å². The Bertz CT molecular complexity index is 2060. The molecule has 0 aliphatic heterocycles. The van der Waals surface area contributed by atoms with E-state index in [0.717, 1.165) is 0 Å². The third kappa shape index (κ3) is 9.52. The van der Waals surface area contributed by atoms with E-state index in [9.17, 15) is 24.3 Å². The smallest absolute Gasteiger partial charge is 0.335 e. The summed E-state index contributed by atoms with van der Waals surface area (Å²) < 4.78 is 0.